The minimum atomic E-state index is 0.232. The zero-order valence-corrected chi connectivity index (χ0v) is 13.0. The van der Waals surface area contributed by atoms with E-state index in [9.17, 15) is 0 Å². The molecule has 1 heterocycles. The second kappa shape index (κ2) is 5.70. The van der Waals surface area contributed by atoms with Crippen LogP contribution in [0.25, 0.3) is 10.8 Å². The fourth-order valence-corrected chi connectivity index (χ4v) is 1.94. The summed E-state index contributed by atoms with van der Waals surface area (Å²) in [5, 5.41) is 5.77. The van der Waals surface area contributed by atoms with Gasteiger partial charge in [-0.2, -0.15) is 0 Å². The number of methoxy groups -OCH3 is 1. The van der Waals surface area contributed by atoms with E-state index in [-0.39, 0.29) is 5.41 Å². The van der Waals surface area contributed by atoms with Gasteiger partial charge in [0.2, 0.25) is 0 Å². The van der Waals surface area contributed by atoms with Crippen LogP contribution in [0.15, 0.2) is 30.5 Å². The molecular formula is C17H24N2O. The summed E-state index contributed by atoms with van der Waals surface area (Å²) in [5.41, 5.74) is 0.232. The number of hydrogen-bond acceptors (Lipinski definition) is 3. The van der Waals surface area contributed by atoms with Crippen LogP contribution in [0.3, 0.4) is 0 Å². The second-order valence-electron chi connectivity index (χ2n) is 6.24. The van der Waals surface area contributed by atoms with Crippen molar-refractivity contribution in [1.82, 2.24) is 4.98 Å². The van der Waals surface area contributed by atoms with Gasteiger partial charge in [0.25, 0.3) is 0 Å². The number of nitrogens with one attached hydrogen (secondary N) is 1. The number of aromatic nitrogens is 1. The van der Waals surface area contributed by atoms with Crippen molar-refractivity contribution in [1.29, 1.82) is 0 Å². The predicted molar refractivity (Wildman–Crippen MR) is 85.4 cm³/mol. The number of anilines is 1. The Hall–Kier alpha value is -1.77. The summed E-state index contributed by atoms with van der Waals surface area (Å²) in [6, 6.07) is 8.08. The molecule has 0 aliphatic carbocycles. The van der Waals surface area contributed by atoms with Gasteiger partial charge in [0.1, 0.15) is 11.6 Å². The minimum absolute atomic E-state index is 0.232. The highest BCUT2D eigenvalue weighted by molar-refractivity contribution is 5.92. The van der Waals surface area contributed by atoms with Crippen LogP contribution in [-0.4, -0.2) is 18.6 Å². The van der Waals surface area contributed by atoms with Gasteiger partial charge in [0.15, 0.2) is 0 Å². The highest BCUT2D eigenvalue weighted by Crippen LogP contribution is 2.29. The van der Waals surface area contributed by atoms with Crippen LogP contribution in [0.4, 0.5) is 5.82 Å². The molecule has 2 rings (SSSR count). The van der Waals surface area contributed by atoms with Gasteiger partial charge in [-0.1, -0.05) is 27.7 Å². The van der Waals surface area contributed by atoms with E-state index in [4.69, 9.17) is 4.74 Å². The molecule has 0 aliphatic rings. The monoisotopic (exact) mass is 272 g/mol. The van der Waals surface area contributed by atoms with Crippen molar-refractivity contribution >= 4 is 16.6 Å². The Balaban J connectivity index is 2.27. The van der Waals surface area contributed by atoms with Crippen LogP contribution in [0.1, 0.15) is 27.7 Å². The predicted octanol–water partition coefficient (Wildman–Crippen LogP) is 4.34. The molecule has 1 aromatic carbocycles. The van der Waals surface area contributed by atoms with E-state index in [0.29, 0.717) is 5.92 Å². The summed E-state index contributed by atoms with van der Waals surface area (Å²) in [6.45, 7) is 9.96. The van der Waals surface area contributed by atoms with Gasteiger partial charge in [-0.15, -0.1) is 0 Å². The number of ether oxygens (including phenoxy) is 1. The molecule has 0 saturated heterocycles. The highest BCUT2D eigenvalue weighted by Gasteiger charge is 2.22. The lowest BCUT2D eigenvalue weighted by molar-refractivity contribution is 0.269. The minimum Gasteiger partial charge on any atom is -0.497 e. The molecule has 1 aromatic heterocycles. The van der Waals surface area contributed by atoms with Gasteiger partial charge in [-0.3, -0.25) is 0 Å². The van der Waals surface area contributed by atoms with Crippen molar-refractivity contribution in [3.63, 3.8) is 0 Å². The summed E-state index contributed by atoms with van der Waals surface area (Å²) < 4.78 is 5.27. The Labute approximate surface area is 121 Å². The van der Waals surface area contributed by atoms with E-state index in [1.54, 1.807) is 7.11 Å². The van der Waals surface area contributed by atoms with Gasteiger partial charge >= 0.3 is 0 Å². The van der Waals surface area contributed by atoms with Gasteiger partial charge in [-0.25, -0.2) is 4.98 Å². The number of benzene rings is 1. The van der Waals surface area contributed by atoms with Crippen molar-refractivity contribution < 1.29 is 4.74 Å². The van der Waals surface area contributed by atoms with Crippen LogP contribution in [-0.2, 0) is 0 Å². The lowest BCUT2D eigenvalue weighted by Gasteiger charge is -2.29. The SMILES string of the molecule is COc1ccc2c(NCC(C)(C)C(C)C)nccc2c1. The summed E-state index contributed by atoms with van der Waals surface area (Å²) in [7, 11) is 1.69. The molecule has 20 heavy (non-hydrogen) atoms. The Morgan fingerprint density at radius 3 is 2.65 bits per heavy atom. The molecule has 0 atom stereocenters. The van der Waals surface area contributed by atoms with Gasteiger partial charge < -0.3 is 10.1 Å². The molecule has 0 radical (unpaired) electrons. The van der Waals surface area contributed by atoms with E-state index in [1.807, 2.05) is 24.4 Å². The van der Waals surface area contributed by atoms with Crippen molar-refractivity contribution in [2.75, 3.05) is 19.0 Å². The molecule has 0 bridgehead atoms. The van der Waals surface area contributed by atoms with Crippen LogP contribution >= 0.6 is 0 Å². The standard InChI is InChI=1S/C17H24N2O/c1-12(2)17(3,4)11-19-16-15-7-6-14(20-5)10-13(15)8-9-18-16/h6-10,12H,11H2,1-5H3,(H,18,19). The lowest BCUT2D eigenvalue weighted by Crippen LogP contribution is -2.28. The summed E-state index contributed by atoms with van der Waals surface area (Å²) >= 11 is 0. The van der Waals surface area contributed by atoms with Crippen molar-refractivity contribution in [3.05, 3.63) is 30.5 Å². The second-order valence-corrected chi connectivity index (χ2v) is 6.24. The quantitative estimate of drug-likeness (QED) is 0.879. The van der Waals surface area contributed by atoms with Gasteiger partial charge in [-0.05, 0) is 41.0 Å². The first kappa shape index (κ1) is 14.6. The number of nitrogens with zero attached hydrogens (tertiary/aromatic N) is 1. The Bertz CT molecular complexity index is 591. The van der Waals surface area contributed by atoms with Crippen LogP contribution < -0.4 is 10.1 Å². The van der Waals surface area contributed by atoms with E-state index in [1.165, 1.54) is 0 Å². The molecule has 0 unspecified atom stereocenters. The van der Waals surface area contributed by atoms with E-state index < -0.39 is 0 Å². The molecule has 108 valence electrons. The highest BCUT2D eigenvalue weighted by atomic mass is 16.5. The van der Waals surface area contributed by atoms with E-state index in [2.05, 4.69) is 44.1 Å². The first-order valence-electron chi connectivity index (χ1n) is 7.10. The molecule has 0 fully saturated rings. The Morgan fingerprint density at radius 1 is 1.25 bits per heavy atom. The molecule has 0 aliphatic heterocycles. The fraction of sp³-hybridized carbons (Fsp3) is 0.471. The van der Waals surface area contributed by atoms with Crippen LogP contribution in [0.2, 0.25) is 0 Å². The first-order chi connectivity index (χ1) is 9.44. The third-order valence-corrected chi connectivity index (χ3v) is 4.25. The zero-order valence-electron chi connectivity index (χ0n) is 13.0. The first-order valence-corrected chi connectivity index (χ1v) is 7.10. The van der Waals surface area contributed by atoms with Crippen molar-refractivity contribution in [2.24, 2.45) is 11.3 Å². The van der Waals surface area contributed by atoms with E-state index in [0.717, 1.165) is 28.9 Å². The third-order valence-electron chi connectivity index (χ3n) is 4.25. The Morgan fingerprint density at radius 2 is 2.00 bits per heavy atom. The number of pyridine rings is 1. The largest absolute Gasteiger partial charge is 0.497 e. The molecule has 1 N–H and O–H groups in total. The molecular weight excluding hydrogens is 248 g/mol. The topological polar surface area (TPSA) is 34.1 Å². The van der Waals surface area contributed by atoms with Crippen molar-refractivity contribution in [2.45, 2.75) is 27.7 Å². The number of rotatable bonds is 5. The zero-order chi connectivity index (χ0) is 14.8. The molecule has 0 spiro atoms. The third kappa shape index (κ3) is 3.03. The summed E-state index contributed by atoms with van der Waals surface area (Å²) in [6.07, 6.45) is 1.84. The number of fused-ring (bicyclic) bond motifs is 1. The number of hydrogen-bond donors (Lipinski definition) is 1. The van der Waals surface area contributed by atoms with E-state index >= 15 is 0 Å². The van der Waals surface area contributed by atoms with Crippen LogP contribution in [0.5, 0.6) is 5.75 Å². The normalized spacial score (nSPS) is 11.9. The van der Waals surface area contributed by atoms with Gasteiger partial charge in [0, 0.05) is 18.1 Å². The maximum atomic E-state index is 5.27. The smallest absolute Gasteiger partial charge is 0.133 e. The maximum absolute atomic E-state index is 5.27. The fourth-order valence-electron chi connectivity index (χ4n) is 1.94. The molecule has 3 nitrogen and oxygen atoms in total. The van der Waals surface area contributed by atoms with Crippen LogP contribution in [0, 0.1) is 11.3 Å². The lowest BCUT2D eigenvalue weighted by atomic mass is 9.81. The maximum Gasteiger partial charge on any atom is 0.133 e. The molecule has 3 heteroatoms. The molecule has 2 aromatic rings. The average Bonchev–Trinajstić information content (AvgIpc) is 2.44. The average molecular weight is 272 g/mol. The summed E-state index contributed by atoms with van der Waals surface area (Å²) in [5.74, 6) is 2.43. The molecule has 0 saturated carbocycles. The summed E-state index contributed by atoms with van der Waals surface area (Å²) in [4.78, 5) is 4.47. The Kier molecular flexibility index (Phi) is 4.17. The van der Waals surface area contributed by atoms with Gasteiger partial charge in [0.05, 0.1) is 7.11 Å². The van der Waals surface area contributed by atoms with Crippen molar-refractivity contribution in [3.8, 4) is 5.75 Å². The molecule has 0 amide bonds.